The van der Waals surface area contributed by atoms with Crippen molar-refractivity contribution in [1.29, 1.82) is 0 Å². The number of hydrogen-bond acceptors (Lipinski definition) is 4. The molecule has 7 aromatic carbocycles. The van der Waals surface area contributed by atoms with Gasteiger partial charge in [-0.25, -0.2) is 15.0 Å². The molecule has 0 atom stereocenters. The minimum absolute atomic E-state index is 0.646. The zero-order valence-corrected chi connectivity index (χ0v) is 26.2. The largest absolute Gasteiger partial charge is 0.208 e. The fourth-order valence-electron chi connectivity index (χ4n) is 6.40. The van der Waals surface area contributed by atoms with E-state index in [1.54, 1.807) is 0 Å². The topological polar surface area (TPSA) is 38.7 Å². The Bertz CT molecular complexity index is 2550. The van der Waals surface area contributed by atoms with Crippen molar-refractivity contribution < 1.29 is 0 Å². The maximum absolute atomic E-state index is 5.15. The summed E-state index contributed by atoms with van der Waals surface area (Å²) in [5.41, 5.74) is 7.49. The summed E-state index contributed by atoms with van der Waals surface area (Å²) in [5, 5.41) is 4.93. The Kier molecular flexibility index (Phi) is 6.65. The van der Waals surface area contributed by atoms with Crippen molar-refractivity contribution >= 4 is 42.3 Å². The van der Waals surface area contributed by atoms with E-state index in [1.807, 2.05) is 35.6 Å². The monoisotopic (exact) mass is 617 g/mol. The van der Waals surface area contributed by atoms with Crippen LogP contribution in [0.25, 0.3) is 87.4 Å². The molecule has 220 valence electrons. The van der Waals surface area contributed by atoms with Gasteiger partial charge in [0.25, 0.3) is 0 Å². The second-order valence-corrected chi connectivity index (χ2v) is 12.7. The molecule has 2 heterocycles. The van der Waals surface area contributed by atoms with Crippen molar-refractivity contribution in [2.45, 2.75) is 0 Å². The van der Waals surface area contributed by atoms with E-state index in [0.717, 1.165) is 33.2 Å². The summed E-state index contributed by atoms with van der Waals surface area (Å²) >= 11 is 1.85. The molecule has 9 aromatic rings. The Morgan fingerprint density at radius 3 is 1.57 bits per heavy atom. The Morgan fingerprint density at radius 2 is 0.851 bits per heavy atom. The van der Waals surface area contributed by atoms with Gasteiger partial charge in [-0.05, 0) is 51.2 Å². The molecule has 0 fully saturated rings. The lowest BCUT2D eigenvalue weighted by Crippen LogP contribution is -2.01. The molecule has 0 aliphatic heterocycles. The first-order valence-electron chi connectivity index (χ1n) is 15.7. The third-order valence-electron chi connectivity index (χ3n) is 8.74. The van der Waals surface area contributed by atoms with Gasteiger partial charge in [-0.3, -0.25) is 0 Å². The van der Waals surface area contributed by atoms with Crippen molar-refractivity contribution in [2.75, 3.05) is 0 Å². The molecule has 0 amide bonds. The minimum Gasteiger partial charge on any atom is -0.208 e. The Hall–Kier alpha value is -5.97. The second-order valence-electron chi connectivity index (χ2n) is 11.6. The number of hydrogen-bond donors (Lipinski definition) is 0. The molecule has 2 aromatic heterocycles. The van der Waals surface area contributed by atoms with Gasteiger partial charge >= 0.3 is 0 Å². The van der Waals surface area contributed by atoms with Crippen LogP contribution >= 0.6 is 11.3 Å². The van der Waals surface area contributed by atoms with E-state index in [4.69, 9.17) is 15.0 Å². The zero-order valence-electron chi connectivity index (χ0n) is 25.3. The van der Waals surface area contributed by atoms with Gasteiger partial charge in [-0.2, -0.15) is 0 Å². The van der Waals surface area contributed by atoms with Gasteiger partial charge in [-0.15, -0.1) is 11.3 Å². The van der Waals surface area contributed by atoms with Crippen LogP contribution < -0.4 is 0 Å². The van der Waals surface area contributed by atoms with Gasteiger partial charge in [0.2, 0.25) is 0 Å². The Balaban J connectivity index is 1.21. The molecule has 3 nitrogen and oxygen atoms in total. The second kappa shape index (κ2) is 11.4. The average Bonchev–Trinajstić information content (AvgIpc) is 3.54. The Morgan fingerprint density at radius 1 is 0.340 bits per heavy atom. The lowest BCUT2D eigenvalue weighted by molar-refractivity contribution is 1.07. The third-order valence-corrected chi connectivity index (χ3v) is 9.96. The summed E-state index contributed by atoms with van der Waals surface area (Å²) in [7, 11) is 0. The highest BCUT2D eigenvalue weighted by Gasteiger charge is 2.17. The van der Waals surface area contributed by atoms with Crippen LogP contribution in [-0.2, 0) is 0 Å². The average molecular weight is 618 g/mol. The van der Waals surface area contributed by atoms with Gasteiger partial charge in [0.05, 0.1) is 0 Å². The molecule has 0 radical (unpaired) electrons. The van der Waals surface area contributed by atoms with Crippen LogP contribution in [0, 0.1) is 0 Å². The van der Waals surface area contributed by atoms with Crippen molar-refractivity contribution in [3.63, 3.8) is 0 Å². The predicted molar refractivity (Wildman–Crippen MR) is 197 cm³/mol. The molecule has 0 bridgehead atoms. The zero-order chi connectivity index (χ0) is 31.2. The molecule has 47 heavy (non-hydrogen) atoms. The predicted octanol–water partition coefficient (Wildman–Crippen LogP) is 11.7. The molecule has 0 N–H and O–H groups in total. The Labute approximate surface area is 276 Å². The van der Waals surface area contributed by atoms with Gasteiger partial charge in [0.1, 0.15) is 0 Å². The maximum Gasteiger partial charge on any atom is 0.164 e. The number of rotatable bonds is 5. The molecule has 0 spiro atoms. The third kappa shape index (κ3) is 4.96. The smallest absolute Gasteiger partial charge is 0.164 e. The molecule has 0 saturated heterocycles. The van der Waals surface area contributed by atoms with E-state index >= 15 is 0 Å². The van der Waals surface area contributed by atoms with Gasteiger partial charge < -0.3 is 0 Å². The standard InChI is InChI=1S/C43H27N3S/c1-3-12-28(13-4-1)37-26-32-16-7-8-17-33(32)27-38(37)43-45-41(30-14-5-2-6-15-30)44-42(46-43)31-24-22-29(23-25-31)34-19-11-20-36-35-18-9-10-21-39(35)47-40(34)36/h1-27H. The molecular weight excluding hydrogens is 591 g/mol. The lowest BCUT2D eigenvalue weighted by atomic mass is 9.95. The van der Waals surface area contributed by atoms with E-state index in [2.05, 4.69) is 140 Å². The van der Waals surface area contributed by atoms with Crippen LogP contribution in [0.3, 0.4) is 0 Å². The number of benzene rings is 7. The normalized spacial score (nSPS) is 11.4. The summed E-state index contributed by atoms with van der Waals surface area (Å²) in [6, 6.07) is 57.4. The minimum atomic E-state index is 0.646. The molecule has 9 rings (SSSR count). The molecule has 0 saturated carbocycles. The van der Waals surface area contributed by atoms with Crippen LogP contribution in [0.15, 0.2) is 164 Å². The highest BCUT2D eigenvalue weighted by atomic mass is 32.1. The molecular formula is C43H27N3S. The van der Waals surface area contributed by atoms with E-state index in [0.29, 0.717) is 17.5 Å². The SMILES string of the molecule is c1ccc(-c2nc(-c3ccc(-c4cccc5c4sc4ccccc45)cc3)nc(-c3cc4ccccc4cc3-c3ccccc3)n2)cc1. The van der Waals surface area contributed by atoms with E-state index in [1.165, 1.54) is 36.7 Å². The summed E-state index contributed by atoms with van der Waals surface area (Å²) in [6.07, 6.45) is 0. The van der Waals surface area contributed by atoms with Crippen LogP contribution in [0.5, 0.6) is 0 Å². The van der Waals surface area contributed by atoms with Crippen LogP contribution in [0.4, 0.5) is 0 Å². The van der Waals surface area contributed by atoms with Crippen molar-refractivity contribution in [3.05, 3.63) is 164 Å². The fraction of sp³-hybridized carbons (Fsp3) is 0. The van der Waals surface area contributed by atoms with Crippen molar-refractivity contribution in [1.82, 2.24) is 15.0 Å². The van der Waals surface area contributed by atoms with Gasteiger partial charge in [-0.1, -0.05) is 146 Å². The first-order valence-corrected chi connectivity index (χ1v) is 16.5. The summed E-state index contributed by atoms with van der Waals surface area (Å²) < 4.78 is 2.61. The van der Waals surface area contributed by atoms with Crippen molar-refractivity contribution in [2.24, 2.45) is 0 Å². The molecule has 0 unspecified atom stereocenters. The van der Waals surface area contributed by atoms with Gasteiger partial charge in [0.15, 0.2) is 17.5 Å². The number of nitrogens with zero attached hydrogens (tertiary/aromatic N) is 3. The van der Waals surface area contributed by atoms with Gasteiger partial charge in [0, 0.05) is 36.9 Å². The number of thiophene rings is 1. The first-order chi connectivity index (χ1) is 23.3. The maximum atomic E-state index is 5.15. The summed E-state index contributed by atoms with van der Waals surface area (Å²) in [6.45, 7) is 0. The van der Waals surface area contributed by atoms with Crippen LogP contribution in [0.2, 0.25) is 0 Å². The quantitative estimate of drug-likeness (QED) is 0.193. The highest BCUT2D eigenvalue weighted by Crippen LogP contribution is 2.40. The first kappa shape index (κ1) is 27.3. The lowest BCUT2D eigenvalue weighted by Gasteiger charge is -2.14. The molecule has 0 aliphatic carbocycles. The molecule has 4 heteroatoms. The fourth-order valence-corrected chi connectivity index (χ4v) is 7.64. The van der Waals surface area contributed by atoms with E-state index in [9.17, 15) is 0 Å². The molecule has 0 aliphatic rings. The number of aromatic nitrogens is 3. The summed E-state index contributed by atoms with van der Waals surface area (Å²) in [5.74, 6) is 1.95. The van der Waals surface area contributed by atoms with Crippen LogP contribution in [-0.4, -0.2) is 15.0 Å². The summed E-state index contributed by atoms with van der Waals surface area (Å²) in [4.78, 5) is 15.3. The van der Waals surface area contributed by atoms with Crippen LogP contribution in [0.1, 0.15) is 0 Å². The van der Waals surface area contributed by atoms with E-state index in [-0.39, 0.29) is 0 Å². The highest BCUT2D eigenvalue weighted by molar-refractivity contribution is 7.26. The van der Waals surface area contributed by atoms with Crippen molar-refractivity contribution in [3.8, 4) is 56.4 Å². The van der Waals surface area contributed by atoms with E-state index < -0.39 is 0 Å². The number of fused-ring (bicyclic) bond motifs is 4.